The molecule has 3 aromatic rings. The van der Waals surface area contributed by atoms with Gasteiger partial charge in [0, 0.05) is 35.9 Å². The van der Waals surface area contributed by atoms with Crippen molar-refractivity contribution in [1.29, 1.82) is 5.26 Å². The Morgan fingerprint density at radius 2 is 2.00 bits per heavy atom. The van der Waals surface area contributed by atoms with Gasteiger partial charge in [-0.1, -0.05) is 6.07 Å². The van der Waals surface area contributed by atoms with E-state index in [1.807, 2.05) is 37.3 Å². The zero-order valence-corrected chi connectivity index (χ0v) is 12.4. The van der Waals surface area contributed by atoms with Gasteiger partial charge in [0.15, 0.2) is 0 Å². The van der Waals surface area contributed by atoms with Gasteiger partial charge in [-0.3, -0.25) is 0 Å². The number of hydrogen-bond acceptors (Lipinski definition) is 5. The van der Waals surface area contributed by atoms with Gasteiger partial charge in [-0.05, 0) is 36.2 Å². The number of nitrogens with zero attached hydrogens (tertiary/aromatic N) is 3. The van der Waals surface area contributed by atoms with Gasteiger partial charge in [0.2, 0.25) is 0 Å². The Morgan fingerprint density at radius 1 is 1.18 bits per heavy atom. The summed E-state index contributed by atoms with van der Waals surface area (Å²) in [6.07, 6.45) is 1.75. The van der Waals surface area contributed by atoms with Crippen LogP contribution in [-0.4, -0.2) is 17.0 Å². The van der Waals surface area contributed by atoms with Crippen LogP contribution in [0.5, 0.6) is 0 Å². The molecule has 2 heterocycles. The summed E-state index contributed by atoms with van der Waals surface area (Å²) >= 11 is 0. The van der Waals surface area contributed by atoms with Crippen molar-refractivity contribution in [3.63, 3.8) is 0 Å². The van der Waals surface area contributed by atoms with Crippen molar-refractivity contribution in [3.05, 3.63) is 47.8 Å². The lowest BCUT2D eigenvalue weighted by molar-refractivity contribution is 1.27. The van der Waals surface area contributed by atoms with Crippen molar-refractivity contribution in [1.82, 2.24) is 9.97 Å². The van der Waals surface area contributed by atoms with E-state index >= 15 is 0 Å². The molecule has 2 aromatic heterocycles. The summed E-state index contributed by atoms with van der Waals surface area (Å²) in [6.45, 7) is 1.99. The van der Waals surface area contributed by atoms with Gasteiger partial charge in [0.05, 0.1) is 5.52 Å². The fraction of sp³-hybridized carbons (Fsp3) is 0.118. The lowest BCUT2D eigenvalue weighted by Crippen LogP contribution is -1.97. The molecule has 0 aliphatic heterocycles. The van der Waals surface area contributed by atoms with Gasteiger partial charge in [0.25, 0.3) is 0 Å². The second-order valence-electron chi connectivity index (χ2n) is 5.08. The first-order valence-corrected chi connectivity index (χ1v) is 6.87. The van der Waals surface area contributed by atoms with Crippen LogP contribution in [0.15, 0.2) is 36.5 Å². The van der Waals surface area contributed by atoms with Crippen molar-refractivity contribution < 1.29 is 0 Å². The van der Waals surface area contributed by atoms with E-state index < -0.39 is 0 Å². The standard InChI is InChI=1S/C17H15N5/c1-10-3-4-12(19)6-13(10)14-5-11-9-21-17(20-2)7-15(11)22-16(14)8-18/h3-7,9H,19H2,1-2H3,(H,20,21). The summed E-state index contributed by atoms with van der Waals surface area (Å²) in [5, 5.41) is 13.3. The average Bonchev–Trinajstić information content (AvgIpc) is 2.55. The molecule has 0 spiro atoms. The molecule has 0 fully saturated rings. The number of anilines is 2. The number of nitrogens with one attached hydrogen (secondary N) is 1. The molecule has 5 heteroatoms. The maximum absolute atomic E-state index is 9.45. The van der Waals surface area contributed by atoms with Crippen LogP contribution in [0.2, 0.25) is 0 Å². The van der Waals surface area contributed by atoms with E-state index in [1.165, 1.54) is 0 Å². The quantitative estimate of drug-likeness (QED) is 0.708. The lowest BCUT2D eigenvalue weighted by atomic mass is 9.97. The molecule has 3 N–H and O–H groups in total. The molecule has 0 bridgehead atoms. The fourth-order valence-electron chi connectivity index (χ4n) is 2.42. The van der Waals surface area contributed by atoms with Crippen molar-refractivity contribution >= 4 is 22.4 Å². The number of aromatic nitrogens is 2. The number of hydrogen-bond donors (Lipinski definition) is 2. The minimum Gasteiger partial charge on any atom is -0.399 e. The number of rotatable bonds is 2. The number of nitrogen functional groups attached to an aromatic ring is 1. The molecule has 0 saturated carbocycles. The van der Waals surface area contributed by atoms with E-state index in [0.717, 1.165) is 33.4 Å². The second kappa shape index (κ2) is 5.34. The van der Waals surface area contributed by atoms with E-state index in [4.69, 9.17) is 5.73 Å². The SMILES string of the molecule is CNc1cc2nc(C#N)c(-c3cc(N)ccc3C)cc2cn1. The first kappa shape index (κ1) is 13.8. The molecule has 0 atom stereocenters. The summed E-state index contributed by atoms with van der Waals surface area (Å²) in [5.74, 6) is 0.719. The van der Waals surface area contributed by atoms with Gasteiger partial charge >= 0.3 is 0 Å². The number of nitrogens with two attached hydrogens (primary N) is 1. The topological polar surface area (TPSA) is 87.6 Å². The van der Waals surface area contributed by atoms with Crippen molar-refractivity contribution in [3.8, 4) is 17.2 Å². The third kappa shape index (κ3) is 2.31. The van der Waals surface area contributed by atoms with E-state index in [1.54, 1.807) is 13.2 Å². The Morgan fingerprint density at radius 3 is 2.73 bits per heavy atom. The minimum atomic E-state index is 0.384. The summed E-state index contributed by atoms with van der Waals surface area (Å²) in [5.41, 5.74) is 10.4. The second-order valence-corrected chi connectivity index (χ2v) is 5.08. The summed E-state index contributed by atoms with van der Waals surface area (Å²) in [6, 6.07) is 11.6. The molecule has 0 radical (unpaired) electrons. The van der Waals surface area contributed by atoms with Crippen LogP contribution in [0.1, 0.15) is 11.3 Å². The molecule has 108 valence electrons. The summed E-state index contributed by atoms with van der Waals surface area (Å²) in [4.78, 5) is 8.76. The van der Waals surface area contributed by atoms with Gasteiger partial charge in [-0.2, -0.15) is 5.26 Å². The van der Waals surface area contributed by atoms with E-state index in [0.29, 0.717) is 11.4 Å². The maximum Gasteiger partial charge on any atom is 0.149 e. The zero-order chi connectivity index (χ0) is 15.7. The number of fused-ring (bicyclic) bond motifs is 1. The highest BCUT2D eigenvalue weighted by Crippen LogP contribution is 2.30. The average molecular weight is 289 g/mol. The molecule has 0 saturated heterocycles. The summed E-state index contributed by atoms with van der Waals surface area (Å²) in [7, 11) is 1.80. The van der Waals surface area contributed by atoms with Crippen LogP contribution in [0.25, 0.3) is 22.0 Å². The van der Waals surface area contributed by atoms with Gasteiger partial charge in [-0.25, -0.2) is 9.97 Å². The Bertz CT molecular complexity index is 909. The van der Waals surface area contributed by atoms with E-state index in [-0.39, 0.29) is 0 Å². The highest BCUT2D eigenvalue weighted by Gasteiger charge is 2.12. The number of benzene rings is 1. The largest absolute Gasteiger partial charge is 0.399 e. The highest BCUT2D eigenvalue weighted by atomic mass is 15.0. The Kier molecular flexibility index (Phi) is 3.36. The molecule has 1 aromatic carbocycles. The first-order valence-electron chi connectivity index (χ1n) is 6.87. The molecule has 0 unspecified atom stereocenters. The van der Waals surface area contributed by atoms with Crippen molar-refractivity contribution in [2.45, 2.75) is 6.92 Å². The van der Waals surface area contributed by atoms with Crippen LogP contribution in [0.3, 0.4) is 0 Å². The first-order chi connectivity index (χ1) is 10.6. The zero-order valence-electron chi connectivity index (χ0n) is 12.4. The predicted molar refractivity (Wildman–Crippen MR) is 88.4 cm³/mol. The molecular formula is C17H15N5. The Labute approximate surface area is 128 Å². The van der Waals surface area contributed by atoms with Gasteiger partial charge in [-0.15, -0.1) is 0 Å². The van der Waals surface area contributed by atoms with Gasteiger partial charge in [0.1, 0.15) is 17.6 Å². The van der Waals surface area contributed by atoms with Crippen LogP contribution in [-0.2, 0) is 0 Å². The molecule has 0 aliphatic rings. The van der Waals surface area contributed by atoms with Crippen LogP contribution in [0.4, 0.5) is 11.5 Å². The smallest absolute Gasteiger partial charge is 0.149 e. The highest BCUT2D eigenvalue weighted by molar-refractivity contribution is 5.88. The van der Waals surface area contributed by atoms with E-state index in [9.17, 15) is 5.26 Å². The molecule has 22 heavy (non-hydrogen) atoms. The number of aryl methyl sites for hydroxylation is 1. The van der Waals surface area contributed by atoms with Crippen LogP contribution < -0.4 is 11.1 Å². The Hall–Kier alpha value is -3.13. The number of nitriles is 1. The van der Waals surface area contributed by atoms with E-state index in [2.05, 4.69) is 21.4 Å². The molecule has 0 amide bonds. The molecule has 0 aliphatic carbocycles. The number of pyridine rings is 2. The third-order valence-electron chi connectivity index (χ3n) is 3.61. The fourth-order valence-corrected chi connectivity index (χ4v) is 2.42. The summed E-state index contributed by atoms with van der Waals surface area (Å²) < 4.78 is 0. The lowest BCUT2D eigenvalue weighted by Gasteiger charge is -2.10. The van der Waals surface area contributed by atoms with Crippen molar-refractivity contribution in [2.75, 3.05) is 18.1 Å². The van der Waals surface area contributed by atoms with Gasteiger partial charge < -0.3 is 11.1 Å². The predicted octanol–water partition coefficient (Wildman–Crippen LogP) is 3.10. The minimum absolute atomic E-state index is 0.384. The maximum atomic E-state index is 9.45. The Balaban J connectivity index is 2.30. The van der Waals surface area contributed by atoms with Crippen LogP contribution in [0, 0.1) is 18.3 Å². The van der Waals surface area contributed by atoms with Crippen LogP contribution >= 0.6 is 0 Å². The third-order valence-corrected chi connectivity index (χ3v) is 3.61. The normalized spacial score (nSPS) is 10.4. The molecule has 3 rings (SSSR count). The molecular weight excluding hydrogens is 274 g/mol. The monoisotopic (exact) mass is 289 g/mol. The molecule has 5 nitrogen and oxygen atoms in total. The van der Waals surface area contributed by atoms with Crippen molar-refractivity contribution in [2.24, 2.45) is 0 Å².